The molecular formula is C23H19Cl3F3N3O3S. The number of sulfonamides is 1. The van der Waals surface area contributed by atoms with Crippen LogP contribution >= 0.6 is 34.8 Å². The third kappa shape index (κ3) is 7.50. The first kappa shape index (κ1) is 28.1. The summed E-state index contributed by atoms with van der Waals surface area (Å²) in [5.41, 5.74) is -0.622. The SMILES string of the molecule is O=C(Nc1cccc(Cl)c1)N(CCCNS(=O)(=O)c1cc(Cl)ccc1Cl)c1cccc(C(F)(F)F)c1. The van der Waals surface area contributed by atoms with E-state index in [9.17, 15) is 26.4 Å². The van der Waals surface area contributed by atoms with E-state index in [0.29, 0.717) is 10.7 Å². The Balaban J connectivity index is 1.77. The lowest BCUT2D eigenvalue weighted by molar-refractivity contribution is -0.137. The largest absolute Gasteiger partial charge is 0.416 e. The molecule has 0 aliphatic carbocycles. The summed E-state index contributed by atoms with van der Waals surface area (Å²) in [5.74, 6) is 0. The quantitative estimate of drug-likeness (QED) is 0.280. The van der Waals surface area contributed by atoms with E-state index < -0.39 is 27.8 Å². The lowest BCUT2D eigenvalue weighted by Gasteiger charge is -2.24. The third-order valence-corrected chi connectivity index (χ3v) is 7.25. The van der Waals surface area contributed by atoms with Gasteiger partial charge in [0.05, 0.1) is 10.6 Å². The smallest absolute Gasteiger partial charge is 0.307 e. The second-order valence-corrected chi connectivity index (χ2v) is 10.5. The fraction of sp³-hybridized carbons (Fsp3) is 0.174. The summed E-state index contributed by atoms with van der Waals surface area (Å²) in [6.07, 6.45) is -4.55. The average Bonchev–Trinajstić information content (AvgIpc) is 2.80. The highest BCUT2D eigenvalue weighted by Crippen LogP contribution is 2.32. The number of halogens is 6. The van der Waals surface area contributed by atoms with Gasteiger partial charge < -0.3 is 5.32 Å². The summed E-state index contributed by atoms with van der Waals surface area (Å²) in [5, 5.41) is 3.09. The van der Waals surface area contributed by atoms with Crippen molar-refractivity contribution in [3.05, 3.63) is 87.4 Å². The predicted octanol–water partition coefficient (Wildman–Crippen LogP) is 7.07. The van der Waals surface area contributed by atoms with Crippen LogP contribution in [0.1, 0.15) is 12.0 Å². The number of anilines is 2. The molecule has 0 unspecified atom stereocenters. The number of nitrogens with one attached hydrogen (secondary N) is 2. The highest BCUT2D eigenvalue weighted by molar-refractivity contribution is 7.89. The molecule has 0 atom stereocenters. The van der Waals surface area contributed by atoms with Crippen LogP contribution in [0.3, 0.4) is 0 Å². The molecule has 0 aliphatic rings. The fourth-order valence-corrected chi connectivity index (χ4v) is 5.18. The summed E-state index contributed by atoms with van der Waals surface area (Å²) >= 11 is 17.8. The molecular weight excluding hydrogens is 562 g/mol. The zero-order chi connectivity index (χ0) is 26.5. The van der Waals surface area contributed by atoms with E-state index >= 15 is 0 Å². The molecule has 2 N–H and O–H groups in total. The van der Waals surface area contributed by atoms with Crippen LogP contribution in [0.2, 0.25) is 15.1 Å². The predicted molar refractivity (Wildman–Crippen MR) is 136 cm³/mol. The van der Waals surface area contributed by atoms with Crippen molar-refractivity contribution in [3.63, 3.8) is 0 Å². The molecule has 13 heteroatoms. The number of amides is 2. The van der Waals surface area contributed by atoms with Crippen molar-refractivity contribution in [2.75, 3.05) is 23.3 Å². The molecule has 3 rings (SSSR count). The standard InChI is InChI=1S/C23H19Cl3F3N3O3S/c24-16-5-2-6-18(13-16)31-22(33)32(19-7-1-4-15(12-19)23(27,28)29)11-3-10-30-36(34,35)21-14-17(25)8-9-20(21)26/h1-2,4-9,12-14,30H,3,10-11H2,(H,31,33). The number of hydrogen-bond donors (Lipinski definition) is 2. The highest BCUT2D eigenvalue weighted by atomic mass is 35.5. The lowest BCUT2D eigenvalue weighted by atomic mass is 10.1. The van der Waals surface area contributed by atoms with E-state index in [1.165, 1.54) is 36.4 Å². The van der Waals surface area contributed by atoms with Gasteiger partial charge in [0.25, 0.3) is 0 Å². The summed E-state index contributed by atoms with van der Waals surface area (Å²) in [6, 6.07) is 13.8. The van der Waals surface area contributed by atoms with E-state index in [1.807, 2.05) is 0 Å². The van der Waals surface area contributed by atoms with Gasteiger partial charge in [-0.1, -0.05) is 46.9 Å². The van der Waals surface area contributed by atoms with Crippen LogP contribution in [0.5, 0.6) is 0 Å². The van der Waals surface area contributed by atoms with Crippen molar-refractivity contribution in [3.8, 4) is 0 Å². The van der Waals surface area contributed by atoms with Crippen LogP contribution in [0.25, 0.3) is 0 Å². The Hall–Kier alpha value is -2.50. The number of carbonyl (C=O) groups excluding carboxylic acids is 1. The van der Waals surface area contributed by atoms with Gasteiger partial charge in [-0.25, -0.2) is 17.9 Å². The first-order valence-electron chi connectivity index (χ1n) is 10.3. The Labute approximate surface area is 221 Å². The molecule has 36 heavy (non-hydrogen) atoms. The second kappa shape index (κ2) is 11.7. The van der Waals surface area contributed by atoms with Crippen LogP contribution < -0.4 is 14.9 Å². The molecule has 0 spiro atoms. The molecule has 3 aromatic carbocycles. The molecule has 0 bridgehead atoms. The van der Waals surface area contributed by atoms with Crippen molar-refractivity contribution in [2.24, 2.45) is 0 Å². The minimum atomic E-state index is -4.61. The number of hydrogen-bond acceptors (Lipinski definition) is 3. The van der Waals surface area contributed by atoms with Gasteiger partial charge in [0.2, 0.25) is 10.0 Å². The monoisotopic (exact) mass is 579 g/mol. The molecule has 0 aromatic heterocycles. The Morgan fingerprint density at radius 1 is 0.917 bits per heavy atom. The maximum absolute atomic E-state index is 13.3. The molecule has 192 valence electrons. The Kier molecular flexibility index (Phi) is 9.13. The van der Waals surface area contributed by atoms with Crippen molar-refractivity contribution in [1.82, 2.24) is 4.72 Å². The molecule has 0 fully saturated rings. The summed E-state index contributed by atoms with van der Waals surface area (Å²) in [7, 11) is -4.02. The maximum atomic E-state index is 13.3. The minimum Gasteiger partial charge on any atom is -0.307 e. The molecule has 0 saturated heterocycles. The number of carbonyl (C=O) groups is 1. The van der Waals surface area contributed by atoms with Crippen LogP contribution in [-0.4, -0.2) is 27.5 Å². The fourth-order valence-electron chi connectivity index (χ4n) is 3.16. The van der Waals surface area contributed by atoms with Crippen molar-refractivity contribution >= 4 is 62.2 Å². The molecule has 3 aromatic rings. The molecule has 0 aliphatic heterocycles. The topological polar surface area (TPSA) is 78.5 Å². The average molecular weight is 581 g/mol. The van der Waals surface area contributed by atoms with Gasteiger partial charge in [-0.15, -0.1) is 0 Å². The zero-order valence-electron chi connectivity index (χ0n) is 18.3. The minimum absolute atomic E-state index is 0.0231. The van der Waals surface area contributed by atoms with Gasteiger partial charge in [0.1, 0.15) is 4.90 Å². The summed E-state index contributed by atoms with van der Waals surface area (Å²) in [4.78, 5) is 13.9. The molecule has 0 saturated carbocycles. The number of alkyl halides is 3. The van der Waals surface area contributed by atoms with E-state index in [0.717, 1.165) is 17.0 Å². The van der Waals surface area contributed by atoms with E-state index in [2.05, 4.69) is 10.0 Å². The highest BCUT2D eigenvalue weighted by Gasteiger charge is 2.31. The molecule has 2 amide bonds. The molecule has 0 radical (unpaired) electrons. The van der Waals surface area contributed by atoms with Gasteiger partial charge in [0, 0.05) is 34.5 Å². The number of urea groups is 1. The first-order chi connectivity index (χ1) is 16.9. The van der Waals surface area contributed by atoms with Gasteiger partial charge in [-0.2, -0.15) is 13.2 Å². The van der Waals surface area contributed by atoms with Gasteiger partial charge in [-0.05, 0) is 61.0 Å². The third-order valence-electron chi connectivity index (χ3n) is 4.84. The summed E-state index contributed by atoms with van der Waals surface area (Å²) < 4.78 is 67.3. The normalized spacial score (nSPS) is 11.8. The van der Waals surface area contributed by atoms with Crippen molar-refractivity contribution < 1.29 is 26.4 Å². The van der Waals surface area contributed by atoms with Crippen LogP contribution in [0.4, 0.5) is 29.3 Å². The Morgan fingerprint density at radius 2 is 1.61 bits per heavy atom. The van der Waals surface area contributed by atoms with Gasteiger partial charge in [0.15, 0.2) is 0 Å². The van der Waals surface area contributed by atoms with Crippen LogP contribution in [0.15, 0.2) is 71.6 Å². The lowest BCUT2D eigenvalue weighted by Crippen LogP contribution is -2.37. The van der Waals surface area contributed by atoms with Gasteiger partial charge >= 0.3 is 12.2 Å². The van der Waals surface area contributed by atoms with Crippen LogP contribution in [-0.2, 0) is 16.2 Å². The van der Waals surface area contributed by atoms with Crippen molar-refractivity contribution in [2.45, 2.75) is 17.5 Å². The van der Waals surface area contributed by atoms with E-state index in [1.54, 1.807) is 18.2 Å². The van der Waals surface area contributed by atoms with Crippen molar-refractivity contribution in [1.29, 1.82) is 0 Å². The van der Waals surface area contributed by atoms with Crippen LogP contribution in [0, 0.1) is 0 Å². The number of benzene rings is 3. The molecule has 0 heterocycles. The first-order valence-corrected chi connectivity index (χ1v) is 12.9. The van der Waals surface area contributed by atoms with E-state index in [4.69, 9.17) is 34.8 Å². The van der Waals surface area contributed by atoms with Gasteiger partial charge in [-0.3, -0.25) is 4.90 Å². The Bertz CT molecular complexity index is 1350. The second-order valence-electron chi connectivity index (χ2n) is 7.47. The zero-order valence-corrected chi connectivity index (χ0v) is 21.4. The summed E-state index contributed by atoms with van der Waals surface area (Å²) in [6.45, 7) is -0.245. The Morgan fingerprint density at radius 3 is 2.31 bits per heavy atom. The number of rotatable bonds is 8. The molecule has 6 nitrogen and oxygen atoms in total. The van der Waals surface area contributed by atoms with E-state index in [-0.39, 0.29) is 40.1 Å². The number of nitrogens with zero attached hydrogens (tertiary/aromatic N) is 1. The maximum Gasteiger partial charge on any atom is 0.416 e.